The molecule has 0 fully saturated rings. The van der Waals surface area contributed by atoms with Crippen molar-refractivity contribution in [1.29, 1.82) is 0 Å². The summed E-state index contributed by atoms with van der Waals surface area (Å²) in [4.78, 5) is 19.0. The van der Waals surface area contributed by atoms with Gasteiger partial charge in [-0.15, -0.1) is 0 Å². The monoisotopic (exact) mass is 282 g/mol. The molecular formula is C15H14N4O2. The van der Waals surface area contributed by atoms with Crippen LogP contribution in [0.4, 0.5) is 0 Å². The summed E-state index contributed by atoms with van der Waals surface area (Å²) < 4.78 is 1.60. The molecule has 2 heterocycles. The third kappa shape index (κ3) is 2.43. The van der Waals surface area contributed by atoms with Gasteiger partial charge in [-0.2, -0.15) is 10.1 Å². The lowest BCUT2D eigenvalue weighted by atomic mass is 10.1. The summed E-state index contributed by atoms with van der Waals surface area (Å²) >= 11 is 0. The third-order valence-electron chi connectivity index (χ3n) is 3.22. The van der Waals surface area contributed by atoms with Crippen molar-refractivity contribution in [3.8, 4) is 28.4 Å². The summed E-state index contributed by atoms with van der Waals surface area (Å²) in [5, 5.41) is 14.1. The lowest BCUT2D eigenvalue weighted by Gasteiger charge is -2.05. The average Bonchev–Trinajstić information content (AvgIpc) is 2.87. The predicted octanol–water partition coefficient (Wildman–Crippen LogP) is 1.85. The van der Waals surface area contributed by atoms with Gasteiger partial charge in [-0.3, -0.25) is 9.48 Å². The second-order valence-electron chi connectivity index (χ2n) is 4.88. The van der Waals surface area contributed by atoms with Crippen molar-refractivity contribution in [1.82, 2.24) is 19.7 Å². The van der Waals surface area contributed by atoms with E-state index in [9.17, 15) is 9.90 Å². The average molecular weight is 282 g/mol. The van der Waals surface area contributed by atoms with Crippen LogP contribution in [-0.4, -0.2) is 24.9 Å². The third-order valence-corrected chi connectivity index (χ3v) is 3.22. The highest BCUT2D eigenvalue weighted by Gasteiger charge is 2.14. The Hall–Kier alpha value is -2.89. The number of nitrogens with one attached hydrogen (secondary N) is 1. The summed E-state index contributed by atoms with van der Waals surface area (Å²) in [5.74, 6) is 0.00270. The molecule has 0 unspecified atom stereocenters. The molecule has 0 radical (unpaired) electrons. The van der Waals surface area contributed by atoms with E-state index in [1.54, 1.807) is 36.3 Å². The number of aromatic amines is 1. The zero-order chi connectivity index (χ0) is 15.0. The maximum Gasteiger partial charge on any atom is 0.262 e. The standard InChI is InChI=1S/C15H14N4O2/c1-9-3-5-10(6-4-9)12-14(20)17-13(18-15(12)21)11-7-16-19(2)8-11/h3-8H,1-2H3,(H2,17,18,20,21). The second kappa shape index (κ2) is 4.90. The molecule has 1 aromatic carbocycles. The van der Waals surface area contributed by atoms with E-state index in [4.69, 9.17) is 0 Å². The first-order valence-electron chi connectivity index (χ1n) is 6.44. The van der Waals surface area contributed by atoms with Gasteiger partial charge in [0.05, 0.1) is 11.8 Å². The molecule has 0 atom stereocenters. The molecule has 0 aliphatic carbocycles. The molecule has 2 N–H and O–H groups in total. The van der Waals surface area contributed by atoms with Crippen LogP contribution >= 0.6 is 0 Å². The molecule has 0 bridgehead atoms. The molecule has 0 spiro atoms. The van der Waals surface area contributed by atoms with Crippen LogP contribution in [0.15, 0.2) is 41.5 Å². The smallest absolute Gasteiger partial charge is 0.262 e. The number of aryl methyl sites for hydroxylation is 2. The van der Waals surface area contributed by atoms with E-state index < -0.39 is 0 Å². The Labute approximate surface area is 120 Å². The van der Waals surface area contributed by atoms with Crippen LogP contribution in [0, 0.1) is 6.92 Å². The van der Waals surface area contributed by atoms with Crippen molar-refractivity contribution in [2.45, 2.75) is 6.92 Å². The number of nitrogens with zero attached hydrogens (tertiary/aromatic N) is 3. The maximum absolute atomic E-state index is 12.2. The molecular weight excluding hydrogens is 268 g/mol. The summed E-state index contributed by atoms with van der Waals surface area (Å²) in [6.07, 6.45) is 3.28. The number of aromatic nitrogens is 4. The van der Waals surface area contributed by atoms with E-state index in [1.165, 1.54) is 0 Å². The number of aromatic hydroxyl groups is 1. The van der Waals surface area contributed by atoms with Gasteiger partial charge in [-0.25, -0.2) is 0 Å². The van der Waals surface area contributed by atoms with Crippen molar-refractivity contribution >= 4 is 0 Å². The summed E-state index contributed by atoms with van der Waals surface area (Å²) in [6.45, 7) is 1.96. The largest absolute Gasteiger partial charge is 0.493 e. The van der Waals surface area contributed by atoms with Gasteiger partial charge in [0.2, 0.25) is 5.88 Å². The minimum Gasteiger partial charge on any atom is -0.493 e. The molecule has 0 aliphatic rings. The van der Waals surface area contributed by atoms with Crippen LogP contribution in [0.25, 0.3) is 22.5 Å². The minimum atomic E-state index is -0.384. The van der Waals surface area contributed by atoms with E-state index >= 15 is 0 Å². The first kappa shape index (κ1) is 13.1. The van der Waals surface area contributed by atoms with Crippen LogP contribution in [0.3, 0.4) is 0 Å². The Balaban J connectivity index is 2.12. The number of hydrogen-bond donors (Lipinski definition) is 2. The fourth-order valence-electron chi connectivity index (χ4n) is 2.12. The van der Waals surface area contributed by atoms with Crippen LogP contribution < -0.4 is 5.56 Å². The molecule has 3 aromatic rings. The second-order valence-corrected chi connectivity index (χ2v) is 4.88. The SMILES string of the molecule is Cc1ccc(-c2c(O)nc(-c3cnn(C)c3)[nH]c2=O)cc1. The molecule has 2 aromatic heterocycles. The highest BCUT2D eigenvalue weighted by Crippen LogP contribution is 2.25. The normalized spacial score (nSPS) is 10.8. The highest BCUT2D eigenvalue weighted by molar-refractivity contribution is 5.69. The quantitative estimate of drug-likeness (QED) is 0.751. The number of benzene rings is 1. The van der Waals surface area contributed by atoms with Gasteiger partial charge in [-0.05, 0) is 12.5 Å². The number of H-pyrrole nitrogens is 1. The lowest BCUT2D eigenvalue weighted by Crippen LogP contribution is -2.12. The van der Waals surface area contributed by atoms with Gasteiger partial charge >= 0.3 is 0 Å². The Kier molecular flexibility index (Phi) is 3.06. The predicted molar refractivity (Wildman–Crippen MR) is 78.9 cm³/mol. The zero-order valence-corrected chi connectivity index (χ0v) is 11.7. The molecule has 3 rings (SSSR count). The van der Waals surface area contributed by atoms with Crippen LogP contribution in [0.1, 0.15) is 5.56 Å². The van der Waals surface area contributed by atoms with E-state index in [1.807, 2.05) is 19.1 Å². The summed E-state index contributed by atoms with van der Waals surface area (Å²) in [7, 11) is 1.77. The molecule has 6 heteroatoms. The van der Waals surface area contributed by atoms with E-state index in [2.05, 4.69) is 15.1 Å². The molecule has 0 saturated carbocycles. The molecule has 106 valence electrons. The minimum absolute atomic E-state index is 0.169. The number of hydrogen-bond acceptors (Lipinski definition) is 4. The lowest BCUT2D eigenvalue weighted by molar-refractivity contribution is 0.454. The van der Waals surface area contributed by atoms with Crippen LogP contribution in [-0.2, 0) is 7.05 Å². The first-order chi connectivity index (χ1) is 10.0. The Morgan fingerprint density at radius 3 is 2.48 bits per heavy atom. The van der Waals surface area contributed by atoms with Crippen molar-refractivity contribution in [2.75, 3.05) is 0 Å². The van der Waals surface area contributed by atoms with Gasteiger partial charge in [-0.1, -0.05) is 29.8 Å². The van der Waals surface area contributed by atoms with Gasteiger partial charge in [0.15, 0.2) is 0 Å². The Bertz CT molecular complexity index is 847. The van der Waals surface area contributed by atoms with Crippen molar-refractivity contribution in [3.63, 3.8) is 0 Å². The van der Waals surface area contributed by atoms with Crippen molar-refractivity contribution in [3.05, 3.63) is 52.6 Å². The van der Waals surface area contributed by atoms with E-state index in [0.717, 1.165) is 5.56 Å². The number of rotatable bonds is 2. The fourth-order valence-corrected chi connectivity index (χ4v) is 2.12. The topological polar surface area (TPSA) is 83.8 Å². The first-order valence-corrected chi connectivity index (χ1v) is 6.44. The summed E-state index contributed by atoms with van der Waals surface area (Å²) in [5.41, 5.74) is 2.13. The van der Waals surface area contributed by atoms with E-state index in [0.29, 0.717) is 17.0 Å². The fraction of sp³-hybridized carbons (Fsp3) is 0.133. The Morgan fingerprint density at radius 1 is 1.19 bits per heavy atom. The van der Waals surface area contributed by atoms with Gasteiger partial charge < -0.3 is 10.1 Å². The van der Waals surface area contributed by atoms with Crippen molar-refractivity contribution in [2.24, 2.45) is 7.05 Å². The zero-order valence-electron chi connectivity index (χ0n) is 11.7. The molecule has 6 nitrogen and oxygen atoms in total. The van der Waals surface area contributed by atoms with Crippen LogP contribution in [0.5, 0.6) is 5.88 Å². The van der Waals surface area contributed by atoms with Gasteiger partial charge in [0, 0.05) is 13.2 Å². The maximum atomic E-state index is 12.2. The summed E-state index contributed by atoms with van der Waals surface area (Å²) in [6, 6.07) is 7.32. The van der Waals surface area contributed by atoms with Crippen molar-refractivity contribution < 1.29 is 5.11 Å². The molecule has 0 aliphatic heterocycles. The molecule has 0 amide bonds. The van der Waals surface area contributed by atoms with Gasteiger partial charge in [0.25, 0.3) is 5.56 Å². The molecule has 0 saturated heterocycles. The highest BCUT2D eigenvalue weighted by atomic mass is 16.3. The van der Waals surface area contributed by atoms with Crippen LogP contribution in [0.2, 0.25) is 0 Å². The Morgan fingerprint density at radius 2 is 1.90 bits per heavy atom. The molecule has 21 heavy (non-hydrogen) atoms. The van der Waals surface area contributed by atoms with E-state index in [-0.39, 0.29) is 17.0 Å². The van der Waals surface area contributed by atoms with Gasteiger partial charge in [0.1, 0.15) is 11.4 Å².